The van der Waals surface area contributed by atoms with E-state index in [0.29, 0.717) is 13.0 Å². The van der Waals surface area contributed by atoms with E-state index in [-0.39, 0.29) is 18.0 Å². The van der Waals surface area contributed by atoms with Gasteiger partial charge in [0.2, 0.25) is 5.91 Å². The minimum absolute atomic E-state index is 0.00764. The standard InChI is InChI=1S/C14H18N2O2/c17-10-7-13(15-8-10)14(18)16-12-6-5-9-3-1-2-4-11(9)12/h1-4,10,12-13,15,17H,5-8H2,(H,16,18)/t10-,12-,13+/m1/s1. The van der Waals surface area contributed by atoms with E-state index >= 15 is 0 Å². The zero-order chi connectivity index (χ0) is 12.5. The highest BCUT2D eigenvalue weighted by molar-refractivity contribution is 5.82. The van der Waals surface area contributed by atoms with Crippen LogP contribution in [0.25, 0.3) is 0 Å². The number of carbonyl (C=O) groups is 1. The number of nitrogens with one attached hydrogen (secondary N) is 2. The third kappa shape index (κ3) is 2.13. The summed E-state index contributed by atoms with van der Waals surface area (Å²) in [5.41, 5.74) is 2.58. The molecule has 1 fully saturated rings. The van der Waals surface area contributed by atoms with Crippen molar-refractivity contribution < 1.29 is 9.90 Å². The number of fused-ring (bicyclic) bond motifs is 1. The Balaban J connectivity index is 1.66. The van der Waals surface area contributed by atoms with Crippen molar-refractivity contribution >= 4 is 5.91 Å². The van der Waals surface area contributed by atoms with Gasteiger partial charge in [-0.1, -0.05) is 24.3 Å². The number of aliphatic hydroxyl groups is 1. The Morgan fingerprint density at radius 1 is 1.39 bits per heavy atom. The Hall–Kier alpha value is -1.39. The van der Waals surface area contributed by atoms with Crippen LogP contribution in [0.2, 0.25) is 0 Å². The van der Waals surface area contributed by atoms with Crippen LogP contribution in [0.4, 0.5) is 0 Å². The van der Waals surface area contributed by atoms with Gasteiger partial charge in [0, 0.05) is 6.54 Å². The van der Waals surface area contributed by atoms with Gasteiger partial charge in [-0.2, -0.15) is 0 Å². The second kappa shape index (κ2) is 4.71. The molecule has 4 nitrogen and oxygen atoms in total. The predicted molar refractivity (Wildman–Crippen MR) is 68.1 cm³/mol. The third-order valence-electron chi connectivity index (χ3n) is 3.87. The summed E-state index contributed by atoms with van der Waals surface area (Å²) in [6.45, 7) is 0.513. The monoisotopic (exact) mass is 246 g/mol. The van der Waals surface area contributed by atoms with Crippen LogP contribution in [0.3, 0.4) is 0 Å². The lowest BCUT2D eigenvalue weighted by molar-refractivity contribution is -0.123. The summed E-state index contributed by atoms with van der Waals surface area (Å²) in [4.78, 5) is 12.1. The maximum absolute atomic E-state index is 12.1. The first-order valence-electron chi connectivity index (χ1n) is 6.53. The van der Waals surface area contributed by atoms with Gasteiger partial charge in [-0.3, -0.25) is 4.79 Å². The van der Waals surface area contributed by atoms with Crippen molar-refractivity contribution in [3.05, 3.63) is 35.4 Å². The van der Waals surface area contributed by atoms with Crippen molar-refractivity contribution in [3.8, 4) is 0 Å². The van der Waals surface area contributed by atoms with Crippen LogP contribution in [-0.4, -0.2) is 29.7 Å². The van der Waals surface area contributed by atoms with E-state index in [1.807, 2.05) is 12.1 Å². The molecule has 0 aromatic heterocycles. The molecule has 3 N–H and O–H groups in total. The number of rotatable bonds is 2. The van der Waals surface area contributed by atoms with E-state index < -0.39 is 6.10 Å². The fourth-order valence-electron chi connectivity index (χ4n) is 2.90. The molecule has 0 saturated carbocycles. The summed E-state index contributed by atoms with van der Waals surface area (Å²) < 4.78 is 0. The van der Waals surface area contributed by atoms with Crippen LogP contribution in [0.5, 0.6) is 0 Å². The lowest BCUT2D eigenvalue weighted by Crippen LogP contribution is -2.41. The van der Waals surface area contributed by atoms with Gasteiger partial charge >= 0.3 is 0 Å². The molecule has 0 unspecified atom stereocenters. The number of aryl methyl sites for hydroxylation is 1. The van der Waals surface area contributed by atoms with Gasteiger partial charge in [-0.25, -0.2) is 0 Å². The molecule has 3 atom stereocenters. The van der Waals surface area contributed by atoms with Crippen molar-refractivity contribution in [3.63, 3.8) is 0 Å². The Kier molecular flexibility index (Phi) is 3.06. The highest BCUT2D eigenvalue weighted by atomic mass is 16.3. The SMILES string of the molecule is O=C(N[C@@H]1CCc2ccccc21)[C@@H]1C[C@@H](O)CN1. The molecule has 1 aliphatic heterocycles. The Bertz CT molecular complexity index is 461. The number of aliphatic hydroxyl groups excluding tert-OH is 1. The van der Waals surface area contributed by atoms with Crippen molar-refractivity contribution in [2.45, 2.75) is 37.5 Å². The van der Waals surface area contributed by atoms with Gasteiger partial charge in [0.15, 0.2) is 0 Å². The number of hydrogen-bond donors (Lipinski definition) is 3. The molecule has 2 aliphatic rings. The summed E-state index contributed by atoms with van der Waals surface area (Å²) in [5.74, 6) is 0.00764. The van der Waals surface area contributed by atoms with E-state index in [2.05, 4.69) is 22.8 Å². The van der Waals surface area contributed by atoms with Crippen LogP contribution >= 0.6 is 0 Å². The molecule has 18 heavy (non-hydrogen) atoms. The summed E-state index contributed by atoms with van der Waals surface area (Å²) in [6, 6.07) is 8.16. The first kappa shape index (κ1) is 11.7. The molecule has 1 amide bonds. The minimum Gasteiger partial charge on any atom is -0.392 e. The third-order valence-corrected chi connectivity index (χ3v) is 3.87. The van der Waals surface area contributed by atoms with Gasteiger partial charge in [-0.15, -0.1) is 0 Å². The molecule has 1 aromatic rings. The summed E-state index contributed by atoms with van der Waals surface area (Å²) in [6.07, 6.45) is 2.12. The van der Waals surface area contributed by atoms with E-state index in [1.165, 1.54) is 11.1 Å². The van der Waals surface area contributed by atoms with Gasteiger partial charge in [0.25, 0.3) is 0 Å². The zero-order valence-electron chi connectivity index (χ0n) is 10.2. The summed E-state index contributed by atoms with van der Waals surface area (Å²) in [5, 5.41) is 15.6. The fourth-order valence-corrected chi connectivity index (χ4v) is 2.90. The average Bonchev–Trinajstić information content (AvgIpc) is 2.97. The lowest BCUT2D eigenvalue weighted by Gasteiger charge is -2.17. The predicted octanol–water partition coefficient (Wildman–Crippen LogP) is 0.513. The van der Waals surface area contributed by atoms with Crippen molar-refractivity contribution in [1.82, 2.24) is 10.6 Å². The molecule has 3 rings (SSSR count). The molecule has 4 heteroatoms. The molecule has 1 aromatic carbocycles. The zero-order valence-corrected chi connectivity index (χ0v) is 10.2. The van der Waals surface area contributed by atoms with E-state index in [4.69, 9.17) is 0 Å². The van der Waals surface area contributed by atoms with Crippen LogP contribution in [0.1, 0.15) is 30.0 Å². The van der Waals surface area contributed by atoms with Crippen LogP contribution < -0.4 is 10.6 Å². The summed E-state index contributed by atoms with van der Waals surface area (Å²) in [7, 11) is 0. The first-order chi connectivity index (χ1) is 8.74. The average molecular weight is 246 g/mol. The second-order valence-electron chi connectivity index (χ2n) is 5.15. The van der Waals surface area contributed by atoms with Gasteiger partial charge in [0.1, 0.15) is 0 Å². The minimum atomic E-state index is -0.392. The number of carbonyl (C=O) groups excluding carboxylic acids is 1. The highest BCUT2D eigenvalue weighted by Gasteiger charge is 2.31. The fraction of sp³-hybridized carbons (Fsp3) is 0.500. The van der Waals surface area contributed by atoms with Crippen LogP contribution in [0, 0.1) is 0 Å². The maximum Gasteiger partial charge on any atom is 0.237 e. The Morgan fingerprint density at radius 2 is 2.22 bits per heavy atom. The molecular formula is C14H18N2O2. The second-order valence-corrected chi connectivity index (χ2v) is 5.15. The molecule has 1 heterocycles. The maximum atomic E-state index is 12.1. The lowest BCUT2D eigenvalue weighted by atomic mass is 10.1. The summed E-state index contributed by atoms with van der Waals surface area (Å²) >= 11 is 0. The number of β-amino-alcohol motifs (C(OH)–C–C–N with tert-alkyl or cyclic N) is 1. The smallest absolute Gasteiger partial charge is 0.237 e. The topological polar surface area (TPSA) is 61.4 Å². The van der Waals surface area contributed by atoms with Crippen LogP contribution in [-0.2, 0) is 11.2 Å². The molecule has 96 valence electrons. The van der Waals surface area contributed by atoms with Crippen molar-refractivity contribution in [1.29, 1.82) is 0 Å². The number of hydrogen-bond acceptors (Lipinski definition) is 3. The van der Waals surface area contributed by atoms with Gasteiger partial charge < -0.3 is 15.7 Å². The first-order valence-corrected chi connectivity index (χ1v) is 6.53. The molecule has 0 spiro atoms. The van der Waals surface area contributed by atoms with E-state index in [9.17, 15) is 9.90 Å². The highest BCUT2D eigenvalue weighted by Crippen LogP contribution is 2.30. The van der Waals surface area contributed by atoms with E-state index in [0.717, 1.165) is 12.8 Å². The normalized spacial score (nSPS) is 30.2. The molecule has 0 bridgehead atoms. The largest absolute Gasteiger partial charge is 0.392 e. The Labute approximate surface area is 106 Å². The van der Waals surface area contributed by atoms with E-state index in [1.54, 1.807) is 0 Å². The van der Waals surface area contributed by atoms with Gasteiger partial charge in [-0.05, 0) is 30.4 Å². The Morgan fingerprint density at radius 3 is 3.00 bits per heavy atom. The van der Waals surface area contributed by atoms with Crippen molar-refractivity contribution in [2.75, 3.05) is 6.54 Å². The van der Waals surface area contributed by atoms with Crippen LogP contribution in [0.15, 0.2) is 24.3 Å². The molecule has 1 aliphatic carbocycles. The van der Waals surface area contributed by atoms with Crippen molar-refractivity contribution in [2.24, 2.45) is 0 Å². The quantitative estimate of drug-likeness (QED) is 0.712. The number of benzene rings is 1. The number of amides is 1. The molecular weight excluding hydrogens is 228 g/mol. The molecule has 1 saturated heterocycles. The molecule has 0 radical (unpaired) electrons. The van der Waals surface area contributed by atoms with Gasteiger partial charge in [0.05, 0.1) is 18.2 Å².